The fraction of sp³-hybridized carbons (Fsp3) is 0.188. The highest BCUT2D eigenvalue weighted by atomic mass is 32.2. The predicted molar refractivity (Wildman–Crippen MR) is 90.2 cm³/mol. The minimum atomic E-state index is -3.73. The molecule has 0 aromatic heterocycles. The average molecular weight is 352 g/mol. The number of hydrogen-bond acceptors (Lipinski definition) is 4. The summed E-state index contributed by atoms with van der Waals surface area (Å²) in [4.78, 5) is 12.2. The lowest BCUT2D eigenvalue weighted by Gasteiger charge is -2.23. The normalized spacial score (nSPS) is 11.0. The number of hydrogen-bond donors (Lipinski definition) is 1. The van der Waals surface area contributed by atoms with E-state index < -0.39 is 28.3 Å². The molecule has 1 amide bonds. The average Bonchev–Trinajstić information content (AvgIpc) is 2.51. The van der Waals surface area contributed by atoms with E-state index in [0.29, 0.717) is 5.75 Å². The molecule has 2 aromatic carbocycles. The first kappa shape index (κ1) is 17.7. The van der Waals surface area contributed by atoms with Gasteiger partial charge in [0, 0.05) is 5.69 Å². The molecule has 0 unspecified atom stereocenters. The van der Waals surface area contributed by atoms with E-state index in [9.17, 15) is 17.6 Å². The molecule has 6 nitrogen and oxygen atoms in total. The van der Waals surface area contributed by atoms with Gasteiger partial charge in [-0.2, -0.15) is 0 Å². The third-order valence-electron chi connectivity index (χ3n) is 3.15. The zero-order valence-corrected chi connectivity index (χ0v) is 14.0. The number of carbonyl (C=O) groups excluding carboxylic acids is 1. The molecule has 0 aliphatic rings. The number of amides is 1. The summed E-state index contributed by atoms with van der Waals surface area (Å²) in [7, 11) is -2.32. The summed E-state index contributed by atoms with van der Waals surface area (Å²) in [5.41, 5.74) is 0.491. The second-order valence-electron chi connectivity index (χ2n) is 5.00. The summed E-state index contributed by atoms with van der Waals surface area (Å²) in [5, 5.41) is 2.47. The fourth-order valence-corrected chi connectivity index (χ4v) is 2.97. The lowest BCUT2D eigenvalue weighted by atomic mass is 10.3. The minimum absolute atomic E-state index is 0.244. The number of nitrogens with one attached hydrogen (secondary N) is 1. The Morgan fingerprint density at radius 2 is 1.92 bits per heavy atom. The molecule has 1 N–H and O–H groups in total. The topological polar surface area (TPSA) is 75.7 Å². The van der Waals surface area contributed by atoms with Crippen LogP contribution in [0.2, 0.25) is 0 Å². The van der Waals surface area contributed by atoms with Crippen LogP contribution in [0, 0.1) is 5.82 Å². The summed E-state index contributed by atoms with van der Waals surface area (Å²) in [6.45, 7) is -0.463. The Hall–Kier alpha value is -2.61. The second kappa shape index (κ2) is 7.31. The molecule has 0 bridgehead atoms. The van der Waals surface area contributed by atoms with Gasteiger partial charge in [0.15, 0.2) is 0 Å². The standard InChI is InChI=1S/C16H17FN2O4S/c1-23-15-9-4-3-8-14(15)19(24(2,21)22)11-16(20)18-13-7-5-6-12(17)10-13/h3-10H,11H2,1-2H3,(H,18,20). The van der Waals surface area contributed by atoms with Crippen LogP contribution in [0.4, 0.5) is 15.8 Å². The Labute approximate surface area is 139 Å². The van der Waals surface area contributed by atoms with Crippen LogP contribution < -0.4 is 14.4 Å². The largest absolute Gasteiger partial charge is 0.495 e. The molecule has 128 valence electrons. The van der Waals surface area contributed by atoms with Crippen molar-refractivity contribution >= 4 is 27.3 Å². The van der Waals surface area contributed by atoms with Crippen LogP contribution >= 0.6 is 0 Å². The number of carbonyl (C=O) groups is 1. The van der Waals surface area contributed by atoms with Gasteiger partial charge in [-0.05, 0) is 30.3 Å². The molecular weight excluding hydrogens is 335 g/mol. The number of nitrogens with zero attached hydrogens (tertiary/aromatic N) is 1. The summed E-state index contributed by atoms with van der Waals surface area (Å²) < 4.78 is 43.4. The highest BCUT2D eigenvalue weighted by Gasteiger charge is 2.23. The Balaban J connectivity index is 2.25. The van der Waals surface area contributed by atoms with Crippen LogP contribution in [0.3, 0.4) is 0 Å². The monoisotopic (exact) mass is 352 g/mol. The smallest absolute Gasteiger partial charge is 0.245 e. The molecule has 0 heterocycles. The lowest BCUT2D eigenvalue weighted by Crippen LogP contribution is -2.37. The molecule has 2 aromatic rings. The van der Waals surface area contributed by atoms with E-state index in [1.165, 1.54) is 31.4 Å². The van der Waals surface area contributed by atoms with Gasteiger partial charge in [-0.25, -0.2) is 12.8 Å². The van der Waals surface area contributed by atoms with E-state index in [4.69, 9.17) is 4.74 Å². The third kappa shape index (κ3) is 4.45. The number of ether oxygens (including phenoxy) is 1. The number of rotatable bonds is 6. The molecule has 0 spiro atoms. The van der Waals surface area contributed by atoms with Crippen molar-refractivity contribution in [2.75, 3.05) is 29.5 Å². The number of methoxy groups -OCH3 is 1. The van der Waals surface area contributed by atoms with Gasteiger partial charge in [0.05, 0.1) is 19.1 Å². The summed E-state index contributed by atoms with van der Waals surface area (Å²) in [6, 6.07) is 11.8. The third-order valence-corrected chi connectivity index (χ3v) is 4.28. The quantitative estimate of drug-likeness (QED) is 0.865. The van der Waals surface area contributed by atoms with Gasteiger partial charge < -0.3 is 10.1 Å². The van der Waals surface area contributed by atoms with Crippen molar-refractivity contribution in [3.63, 3.8) is 0 Å². The molecule has 8 heteroatoms. The first-order valence-electron chi connectivity index (χ1n) is 6.97. The molecule has 0 radical (unpaired) electrons. The van der Waals surface area contributed by atoms with E-state index in [0.717, 1.165) is 16.6 Å². The van der Waals surface area contributed by atoms with Gasteiger partial charge in [-0.3, -0.25) is 9.10 Å². The van der Waals surface area contributed by atoms with E-state index >= 15 is 0 Å². The van der Waals surface area contributed by atoms with Crippen LogP contribution in [0.1, 0.15) is 0 Å². The maximum atomic E-state index is 13.2. The van der Waals surface area contributed by atoms with Gasteiger partial charge in [-0.15, -0.1) is 0 Å². The minimum Gasteiger partial charge on any atom is -0.495 e. The van der Waals surface area contributed by atoms with Crippen molar-refractivity contribution in [2.24, 2.45) is 0 Å². The Morgan fingerprint density at radius 1 is 1.21 bits per heavy atom. The molecular formula is C16H17FN2O4S. The predicted octanol–water partition coefficient (Wildman–Crippen LogP) is 2.24. The number of benzene rings is 2. The molecule has 0 aliphatic heterocycles. The van der Waals surface area contributed by atoms with Gasteiger partial charge in [0.1, 0.15) is 18.1 Å². The number of sulfonamides is 1. The highest BCUT2D eigenvalue weighted by molar-refractivity contribution is 7.92. The molecule has 0 saturated carbocycles. The first-order valence-corrected chi connectivity index (χ1v) is 8.82. The summed E-state index contributed by atoms with van der Waals surface area (Å²) >= 11 is 0. The molecule has 0 fully saturated rings. The number of para-hydroxylation sites is 2. The van der Waals surface area contributed by atoms with E-state index in [1.54, 1.807) is 18.2 Å². The van der Waals surface area contributed by atoms with Crippen LogP contribution in [0.5, 0.6) is 5.75 Å². The maximum absolute atomic E-state index is 13.2. The molecule has 0 saturated heterocycles. The van der Waals surface area contributed by atoms with E-state index in [-0.39, 0.29) is 11.4 Å². The fourth-order valence-electron chi connectivity index (χ4n) is 2.11. The van der Waals surface area contributed by atoms with Crippen molar-refractivity contribution < 1.29 is 22.3 Å². The number of anilines is 2. The lowest BCUT2D eigenvalue weighted by molar-refractivity contribution is -0.114. The van der Waals surface area contributed by atoms with Gasteiger partial charge in [0.25, 0.3) is 0 Å². The second-order valence-corrected chi connectivity index (χ2v) is 6.91. The van der Waals surface area contributed by atoms with Crippen molar-refractivity contribution in [1.29, 1.82) is 0 Å². The zero-order chi connectivity index (χ0) is 17.7. The van der Waals surface area contributed by atoms with Gasteiger partial charge in [0.2, 0.25) is 15.9 Å². The number of halogens is 1. The maximum Gasteiger partial charge on any atom is 0.245 e. The SMILES string of the molecule is COc1ccccc1N(CC(=O)Nc1cccc(F)c1)S(C)(=O)=O. The van der Waals surface area contributed by atoms with Crippen molar-refractivity contribution in [1.82, 2.24) is 0 Å². The molecule has 0 aliphatic carbocycles. The van der Waals surface area contributed by atoms with Crippen LogP contribution in [0.25, 0.3) is 0 Å². The molecule has 24 heavy (non-hydrogen) atoms. The molecule has 2 rings (SSSR count). The van der Waals surface area contributed by atoms with Crippen molar-refractivity contribution in [3.8, 4) is 5.75 Å². The Bertz CT molecular complexity index is 839. The Morgan fingerprint density at radius 3 is 2.54 bits per heavy atom. The zero-order valence-electron chi connectivity index (χ0n) is 13.2. The highest BCUT2D eigenvalue weighted by Crippen LogP contribution is 2.29. The van der Waals surface area contributed by atoms with Crippen LogP contribution in [-0.4, -0.2) is 34.2 Å². The van der Waals surface area contributed by atoms with E-state index in [1.807, 2.05) is 0 Å². The van der Waals surface area contributed by atoms with E-state index in [2.05, 4.69) is 5.32 Å². The summed E-state index contributed by atoms with van der Waals surface area (Å²) in [5.74, 6) is -0.782. The van der Waals surface area contributed by atoms with Gasteiger partial charge in [-0.1, -0.05) is 18.2 Å². The molecule has 0 atom stereocenters. The van der Waals surface area contributed by atoms with Crippen LogP contribution in [0.15, 0.2) is 48.5 Å². The van der Waals surface area contributed by atoms with Crippen molar-refractivity contribution in [2.45, 2.75) is 0 Å². The first-order chi connectivity index (χ1) is 11.3. The Kier molecular flexibility index (Phi) is 5.40. The van der Waals surface area contributed by atoms with Crippen molar-refractivity contribution in [3.05, 3.63) is 54.3 Å². The van der Waals surface area contributed by atoms with Crippen LogP contribution in [-0.2, 0) is 14.8 Å². The van der Waals surface area contributed by atoms with Gasteiger partial charge >= 0.3 is 0 Å². The summed E-state index contributed by atoms with van der Waals surface area (Å²) in [6.07, 6.45) is 0.995.